The first kappa shape index (κ1) is 12.9. The van der Waals surface area contributed by atoms with Crippen LogP contribution in [0.15, 0.2) is 18.2 Å². The van der Waals surface area contributed by atoms with Gasteiger partial charge in [0.2, 0.25) is 0 Å². The Bertz CT molecular complexity index is 551. The smallest absolute Gasteiger partial charge is 0.132 e. The zero-order valence-electron chi connectivity index (χ0n) is 10.6. The number of aliphatic hydroxyl groups is 1. The fourth-order valence-electron chi connectivity index (χ4n) is 1.67. The second kappa shape index (κ2) is 5.37. The van der Waals surface area contributed by atoms with Crippen molar-refractivity contribution in [3.05, 3.63) is 28.8 Å². The molecular formula is C13H15NO3S. The molecule has 4 nitrogen and oxygen atoms in total. The van der Waals surface area contributed by atoms with Gasteiger partial charge in [-0.05, 0) is 19.1 Å². The van der Waals surface area contributed by atoms with Gasteiger partial charge in [-0.3, -0.25) is 0 Å². The Hall–Kier alpha value is -1.59. The standard InChI is InChI=1S/C13H15NO3S/c1-8-11(7-15)14-13(18-8)10-5-4-9(16-2)6-12(10)17-3/h4-6,15H,7H2,1-3H3. The highest BCUT2D eigenvalue weighted by Gasteiger charge is 2.13. The predicted octanol–water partition coefficient (Wildman–Crippen LogP) is 2.63. The largest absolute Gasteiger partial charge is 0.497 e. The van der Waals surface area contributed by atoms with Gasteiger partial charge in [-0.2, -0.15) is 0 Å². The van der Waals surface area contributed by atoms with Gasteiger partial charge in [0, 0.05) is 10.9 Å². The highest BCUT2D eigenvalue weighted by Crippen LogP contribution is 2.36. The lowest BCUT2D eigenvalue weighted by Gasteiger charge is -2.08. The summed E-state index contributed by atoms with van der Waals surface area (Å²) in [6.07, 6.45) is 0. The van der Waals surface area contributed by atoms with Crippen LogP contribution in [0.1, 0.15) is 10.6 Å². The number of ether oxygens (including phenoxy) is 2. The van der Waals surface area contributed by atoms with Crippen molar-refractivity contribution in [1.82, 2.24) is 4.98 Å². The molecule has 2 aromatic rings. The summed E-state index contributed by atoms with van der Waals surface area (Å²) in [5, 5.41) is 10.0. The summed E-state index contributed by atoms with van der Waals surface area (Å²) in [4.78, 5) is 5.43. The highest BCUT2D eigenvalue weighted by atomic mass is 32.1. The molecule has 0 atom stereocenters. The van der Waals surface area contributed by atoms with Gasteiger partial charge in [-0.25, -0.2) is 4.98 Å². The number of nitrogens with zero attached hydrogens (tertiary/aromatic N) is 1. The van der Waals surface area contributed by atoms with Crippen LogP contribution < -0.4 is 9.47 Å². The Morgan fingerprint density at radius 1 is 1.28 bits per heavy atom. The molecule has 0 bridgehead atoms. The van der Waals surface area contributed by atoms with Gasteiger partial charge < -0.3 is 14.6 Å². The number of hydrogen-bond acceptors (Lipinski definition) is 5. The maximum Gasteiger partial charge on any atom is 0.132 e. The Balaban J connectivity index is 2.48. The van der Waals surface area contributed by atoms with Crippen molar-refractivity contribution >= 4 is 11.3 Å². The molecule has 0 aliphatic carbocycles. The van der Waals surface area contributed by atoms with Gasteiger partial charge in [0.1, 0.15) is 16.5 Å². The molecule has 1 aromatic heterocycles. The van der Waals surface area contributed by atoms with E-state index in [0.29, 0.717) is 11.4 Å². The fraction of sp³-hybridized carbons (Fsp3) is 0.308. The van der Waals surface area contributed by atoms with E-state index >= 15 is 0 Å². The van der Waals surface area contributed by atoms with Gasteiger partial charge in [0.05, 0.1) is 32.1 Å². The third-order valence-corrected chi connectivity index (χ3v) is 3.73. The molecule has 0 saturated carbocycles. The van der Waals surface area contributed by atoms with E-state index in [1.54, 1.807) is 25.6 Å². The lowest BCUT2D eigenvalue weighted by molar-refractivity contribution is 0.277. The molecule has 0 fully saturated rings. The number of methoxy groups -OCH3 is 2. The quantitative estimate of drug-likeness (QED) is 0.923. The summed E-state index contributed by atoms with van der Waals surface area (Å²) >= 11 is 1.54. The van der Waals surface area contributed by atoms with Crippen LogP contribution >= 0.6 is 11.3 Å². The van der Waals surface area contributed by atoms with Crippen LogP contribution in [-0.4, -0.2) is 24.3 Å². The van der Waals surface area contributed by atoms with E-state index in [1.807, 2.05) is 25.1 Å². The van der Waals surface area contributed by atoms with E-state index in [1.165, 1.54) is 0 Å². The Kier molecular flexibility index (Phi) is 3.84. The monoisotopic (exact) mass is 265 g/mol. The summed E-state index contributed by atoms with van der Waals surface area (Å²) in [6, 6.07) is 5.61. The minimum atomic E-state index is -0.0409. The van der Waals surface area contributed by atoms with Crippen molar-refractivity contribution in [3.8, 4) is 22.1 Å². The van der Waals surface area contributed by atoms with Gasteiger partial charge in [0.15, 0.2) is 0 Å². The molecule has 0 saturated heterocycles. The number of hydrogen-bond donors (Lipinski definition) is 1. The number of aromatic nitrogens is 1. The average molecular weight is 265 g/mol. The van der Waals surface area contributed by atoms with Crippen LogP contribution in [0.4, 0.5) is 0 Å². The Morgan fingerprint density at radius 3 is 2.61 bits per heavy atom. The third-order valence-electron chi connectivity index (χ3n) is 2.68. The topological polar surface area (TPSA) is 51.6 Å². The minimum absolute atomic E-state index is 0.0409. The predicted molar refractivity (Wildman–Crippen MR) is 71.3 cm³/mol. The molecule has 0 unspecified atom stereocenters. The highest BCUT2D eigenvalue weighted by molar-refractivity contribution is 7.15. The van der Waals surface area contributed by atoms with Crippen molar-refractivity contribution in [2.75, 3.05) is 14.2 Å². The number of aryl methyl sites for hydroxylation is 1. The van der Waals surface area contributed by atoms with Crippen LogP contribution in [0, 0.1) is 6.92 Å². The molecule has 0 aliphatic heterocycles. The third kappa shape index (κ3) is 2.32. The second-order valence-corrected chi connectivity index (χ2v) is 4.95. The van der Waals surface area contributed by atoms with Crippen molar-refractivity contribution in [2.45, 2.75) is 13.5 Å². The van der Waals surface area contributed by atoms with Crippen molar-refractivity contribution < 1.29 is 14.6 Å². The lowest BCUT2D eigenvalue weighted by atomic mass is 10.2. The average Bonchev–Trinajstić information content (AvgIpc) is 2.79. The second-order valence-electron chi connectivity index (χ2n) is 3.75. The first-order valence-electron chi connectivity index (χ1n) is 5.49. The molecule has 96 valence electrons. The van der Waals surface area contributed by atoms with Crippen LogP contribution in [0.25, 0.3) is 10.6 Å². The summed E-state index contributed by atoms with van der Waals surface area (Å²) in [5.74, 6) is 1.46. The van der Waals surface area contributed by atoms with E-state index < -0.39 is 0 Å². The first-order chi connectivity index (χ1) is 8.69. The Morgan fingerprint density at radius 2 is 2.06 bits per heavy atom. The van der Waals surface area contributed by atoms with E-state index in [0.717, 1.165) is 21.2 Å². The molecule has 18 heavy (non-hydrogen) atoms. The minimum Gasteiger partial charge on any atom is -0.497 e. The van der Waals surface area contributed by atoms with E-state index in [9.17, 15) is 5.11 Å². The van der Waals surface area contributed by atoms with Gasteiger partial charge in [0.25, 0.3) is 0 Å². The summed E-state index contributed by atoms with van der Waals surface area (Å²) < 4.78 is 10.5. The van der Waals surface area contributed by atoms with Gasteiger partial charge >= 0.3 is 0 Å². The molecule has 2 rings (SSSR count). The summed E-state index contributed by atoms with van der Waals surface area (Å²) in [7, 11) is 3.23. The fourth-order valence-corrected chi connectivity index (χ4v) is 2.62. The molecule has 0 aliphatic rings. The lowest BCUT2D eigenvalue weighted by Crippen LogP contribution is -1.91. The Labute approximate surface area is 110 Å². The van der Waals surface area contributed by atoms with E-state index in [2.05, 4.69) is 4.98 Å². The molecule has 0 radical (unpaired) electrons. The summed E-state index contributed by atoms with van der Waals surface area (Å²) in [5.41, 5.74) is 1.62. The number of benzene rings is 1. The maximum absolute atomic E-state index is 9.18. The van der Waals surface area contributed by atoms with Crippen molar-refractivity contribution in [3.63, 3.8) is 0 Å². The zero-order valence-corrected chi connectivity index (χ0v) is 11.4. The SMILES string of the molecule is COc1ccc(-c2nc(CO)c(C)s2)c(OC)c1. The van der Waals surface area contributed by atoms with Crippen LogP contribution in [-0.2, 0) is 6.61 Å². The molecule has 0 amide bonds. The molecule has 5 heteroatoms. The summed E-state index contributed by atoms with van der Waals surface area (Å²) in [6.45, 7) is 1.91. The number of thiazole rings is 1. The van der Waals surface area contributed by atoms with Crippen LogP contribution in [0.2, 0.25) is 0 Å². The van der Waals surface area contributed by atoms with Gasteiger partial charge in [-0.15, -0.1) is 11.3 Å². The molecular weight excluding hydrogens is 250 g/mol. The molecule has 1 aromatic carbocycles. The first-order valence-corrected chi connectivity index (χ1v) is 6.30. The molecule has 1 N–H and O–H groups in total. The van der Waals surface area contributed by atoms with Crippen LogP contribution in [0.5, 0.6) is 11.5 Å². The number of rotatable bonds is 4. The maximum atomic E-state index is 9.18. The molecule has 1 heterocycles. The van der Waals surface area contributed by atoms with E-state index in [-0.39, 0.29) is 6.61 Å². The van der Waals surface area contributed by atoms with Crippen molar-refractivity contribution in [1.29, 1.82) is 0 Å². The normalized spacial score (nSPS) is 10.4. The molecule has 0 spiro atoms. The number of aliphatic hydroxyl groups excluding tert-OH is 1. The zero-order chi connectivity index (χ0) is 13.1. The van der Waals surface area contributed by atoms with Crippen molar-refractivity contribution in [2.24, 2.45) is 0 Å². The van der Waals surface area contributed by atoms with Gasteiger partial charge in [-0.1, -0.05) is 0 Å². The van der Waals surface area contributed by atoms with Crippen LogP contribution in [0.3, 0.4) is 0 Å². The van der Waals surface area contributed by atoms with E-state index in [4.69, 9.17) is 9.47 Å².